The first-order valence-corrected chi connectivity index (χ1v) is 11.6. The summed E-state index contributed by atoms with van der Waals surface area (Å²) in [5.41, 5.74) is 1.22. The van der Waals surface area contributed by atoms with Gasteiger partial charge in [-0.05, 0) is 54.3 Å². The van der Waals surface area contributed by atoms with E-state index in [0.717, 1.165) is 0 Å². The van der Waals surface area contributed by atoms with Crippen LogP contribution in [0.15, 0.2) is 48.5 Å². The third kappa shape index (κ3) is 7.84. The standard InChI is InChI=1S/C25H29F4N3O4/c1-17(2)16-35-22-9-5-19(6-10-22)15-31(14-18-3-7-20(26)8-4-18)24(34)32(21-11-12-30-13-21)36-23(33)25(27,28)29/h3-10,17,21,30H,11-16H2,1-2H3/t21-/m0/s1. The number of rotatable bonds is 8. The highest BCUT2D eigenvalue weighted by Crippen LogP contribution is 2.23. The molecule has 0 saturated carbocycles. The summed E-state index contributed by atoms with van der Waals surface area (Å²) in [5.74, 6) is -1.96. The molecule has 0 bridgehead atoms. The molecule has 1 atom stereocenters. The third-order valence-electron chi connectivity index (χ3n) is 5.40. The molecule has 1 saturated heterocycles. The van der Waals surface area contributed by atoms with Crippen LogP contribution in [0.1, 0.15) is 31.4 Å². The Morgan fingerprint density at radius 2 is 1.61 bits per heavy atom. The van der Waals surface area contributed by atoms with Gasteiger partial charge in [-0.3, -0.25) is 0 Å². The zero-order chi connectivity index (χ0) is 26.3. The molecule has 0 aromatic heterocycles. The molecule has 1 N–H and O–H groups in total. The Morgan fingerprint density at radius 1 is 1.03 bits per heavy atom. The lowest BCUT2D eigenvalue weighted by Crippen LogP contribution is -2.50. The fourth-order valence-corrected chi connectivity index (χ4v) is 3.57. The van der Waals surface area contributed by atoms with Gasteiger partial charge < -0.3 is 19.8 Å². The summed E-state index contributed by atoms with van der Waals surface area (Å²) in [6.07, 6.45) is -4.96. The Balaban J connectivity index is 1.85. The predicted molar refractivity (Wildman–Crippen MR) is 123 cm³/mol. The molecule has 0 aliphatic carbocycles. The van der Waals surface area contributed by atoms with Crippen molar-refractivity contribution in [1.82, 2.24) is 15.3 Å². The van der Waals surface area contributed by atoms with Crippen LogP contribution in [0.3, 0.4) is 0 Å². The lowest BCUT2D eigenvalue weighted by Gasteiger charge is -2.32. The van der Waals surface area contributed by atoms with E-state index in [1.807, 2.05) is 13.8 Å². The average Bonchev–Trinajstić information content (AvgIpc) is 3.36. The maximum atomic E-state index is 13.5. The quantitative estimate of drug-likeness (QED) is 0.412. The predicted octanol–water partition coefficient (Wildman–Crippen LogP) is 4.67. The van der Waals surface area contributed by atoms with Crippen LogP contribution in [0.25, 0.3) is 0 Å². The fourth-order valence-electron chi connectivity index (χ4n) is 3.57. The van der Waals surface area contributed by atoms with Gasteiger partial charge in [-0.1, -0.05) is 38.1 Å². The van der Waals surface area contributed by atoms with Crippen molar-refractivity contribution in [2.24, 2.45) is 5.92 Å². The van der Waals surface area contributed by atoms with Gasteiger partial charge >= 0.3 is 18.2 Å². The largest absolute Gasteiger partial charge is 0.493 e. The minimum atomic E-state index is -5.27. The average molecular weight is 512 g/mol. The van der Waals surface area contributed by atoms with Gasteiger partial charge in [0.2, 0.25) is 0 Å². The number of hydrogen-bond donors (Lipinski definition) is 1. The third-order valence-corrected chi connectivity index (χ3v) is 5.40. The summed E-state index contributed by atoms with van der Waals surface area (Å²) in [4.78, 5) is 30.9. The number of urea groups is 1. The number of amides is 2. The number of hydroxylamine groups is 2. The molecule has 3 rings (SSSR count). The molecule has 1 aliphatic heterocycles. The second-order valence-corrected chi connectivity index (χ2v) is 8.96. The van der Waals surface area contributed by atoms with Crippen molar-refractivity contribution in [2.75, 3.05) is 19.7 Å². The summed E-state index contributed by atoms with van der Waals surface area (Å²) < 4.78 is 57.9. The topological polar surface area (TPSA) is 71.1 Å². The second kappa shape index (κ2) is 12.1. The number of carbonyl (C=O) groups excluding carboxylic acids is 2. The van der Waals surface area contributed by atoms with Gasteiger partial charge in [0.15, 0.2) is 0 Å². The van der Waals surface area contributed by atoms with Crippen molar-refractivity contribution in [2.45, 2.75) is 45.6 Å². The van der Waals surface area contributed by atoms with E-state index in [-0.39, 0.29) is 19.6 Å². The summed E-state index contributed by atoms with van der Waals surface area (Å²) in [6.45, 7) is 5.14. The van der Waals surface area contributed by atoms with E-state index < -0.39 is 30.0 Å². The first-order chi connectivity index (χ1) is 17.0. The van der Waals surface area contributed by atoms with E-state index >= 15 is 0 Å². The first kappa shape index (κ1) is 27.3. The van der Waals surface area contributed by atoms with E-state index in [9.17, 15) is 27.2 Å². The van der Waals surface area contributed by atoms with Gasteiger partial charge in [0.25, 0.3) is 0 Å². The summed E-state index contributed by atoms with van der Waals surface area (Å²) in [6, 6.07) is 10.7. The molecule has 1 aliphatic rings. The van der Waals surface area contributed by atoms with Crippen LogP contribution in [0, 0.1) is 11.7 Å². The van der Waals surface area contributed by atoms with Gasteiger partial charge in [0.05, 0.1) is 12.6 Å². The van der Waals surface area contributed by atoms with Crippen LogP contribution < -0.4 is 10.1 Å². The Bertz CT molecular complexity index is 1010. The molecule has 0 unspecified atom stereocenters. The van der Waals surface area contributed by atoms with E-state index in [0.29, 0.717) is 47.4 Å². The summed E-state index contributed by atoms with van der Waals surface area (Å²) >= 11 is 0. The van der Waals surface area contributed by atoms with Gasteiger partial charge in [0, 0.05) is 19.6 Å². The Kier molecular flexibility index (Phi) is 9.14. The summed E-state index contributed by atoms with van der Waals surface area (Å²) in [7, 11) is 0. The van der Waals surface area contributed by atoms with Crippen LogP contribution in [0.4, 0.5) is 22.4 Å². The smallest absolute Gasteiger partial charge is 0.493 e. The molecule has 2 aromatic rings. The minimum absolute atomic E-state index is 0.000880. The van der Waals surface area contributed by atoms with Gasteiger partial charge in [-0.25, -0.2) is 14.0 Å². The Morgan fingerprint density at radius 3 is 2.11 bits per heavy atom. The van der Waals surface area contributed by atoms with Crippen molar-refractivity contribution in [3.05, 3.63) is 65.5 Å². The van der Waals surface area contributed by atoms with Crippen LogP contribution in [0.5, 0.6) is 5.75 Å². The molecular formula is C25H29F4N3O4. The van der Waals surface area contributed by atoms with Gasteiger partial charge in [-0.15, -0.1) is 5.06 Å². The minimum Gasteiger partial charge on any atom is -0.493 e. The molecule has 0 radical (unpaired) electrons. The number of carbonyl (C=O) groups is 2. The molecule has 1 fully saturated rings. The lowest BCUT2D eigenvalue weighted by atomic mass is 10.1. The van der Waals surface area contributed by atoms with E-state index in [1.54, 1.807) is 24.3 Å². The van der Waals surface area contributed by atoms with E-state index in [4.69, 9.17) is 4.74 Å². The van der Waals surface area contributed by atoms with E-state index in [1.165, 1.54) is 29.2 Å². The molecule has 11 heteroatoms. The number of halogens is 4. The van der Waals surface area contributed by atoms with Gasteiger partial charge in [-0.2, -0.15) is 13.2 Å². The zero-order valence-electron chi connectivity index (χ0n) is 20.1. The van der Waals surface area contributed by atoms with Crippen LogP contribution in [-0.2, 0) is 22.7 Å². The van der Waals surface area contributed by atoms with Crippen molar-refractivity contribution >= 4 is 12.0 Å². The maximum absolute atomic E-state index is 13.5. The SMILES string of the molecule is CC(C)COc1ccc(CN(Cc2ccc(F)cc2)C(=O)N(OC(=O)C(F)(F)F)[C@H]2CCNC2)cc1. The number of ether oxygens (including phenoxy) is 1. The van der Waals surface area contributed by atoms with Crippen LogP contribution in [-0.4, -0.2) is 53.9 Å². The highest BCUT2D eigenvalue weighted by atomic mass is 19.4. The van der Waals surface area contributed by atoms with Crippen molar-refractivity contribution in [1.29, 1.82) is 0 Å². The zero-order valence-corrected chi connectivity index (χ0v) is 20.1. The second-order valence-electron chi connectivity index (χ2n) is 8.96. The Hall–Kier alpha value is -3.34. The van der Waals surface area contributed by atoms with Gasteiger partial charge in [0.1, 0.15) is 11.6 Å². The Labute approximate surface area is 206 Å². The number of nitrogens with one attached hydrogen (secondary N) is 1. The number of alkyl halides is 3. The number of benzene rings is 2. The molecule has 2 aromatic carbocycles. The van der Waals surface area contributed by atoms with Crippen molar-refractivity contribution in [3.63, 3.8) is 0 Å². The lowest BCUT2D eigenvalue weighted by molar-refractivity contribution is -0.234. The fraction of sp³-hybridized carbons (Fsp3) is 0.440. The van der Waals surface area contributed by atoms with Crippen molar-refractivity contribution < 1.29 is 36.7 Å². The molecule has 1 heterocycles. The molecule has 2 amide bonds. The van der Waals surface area contributed by atoms with Crippen LogP contribution >= 0.6 is 0 Å². The molecule has 36 heavy (non-hydrogen) atoms. The highest BCUT2D eigenvalue weighted by Gasteiger charge is 2.45. The highest BCUT2D eigenvalue weighted by molar-refractivity contribution is 5.80. The first-order valence-electron chi connectivity index (χ1n) is 11.6. The van der Waals surface area contributed by atoms with Crippen LogP contribution in [0.2, 0.25) is 0 Å². The molecular weight excluding hydrogens is 482 g/mol. The van der Waals surface area contributed by atoms with Crippen molar-refractivity contribution in [3.8, 4) is 5.75 Å². The molecule has 7 nitrogen and oxygen atoms in total. The normalized spacial score (nSPS) is 15.6. The monoisotopic (exact) mass is 511 g/mol. The number of nitrogens with zero attached hydrogens (tertiary/aromatic N) is 2. The summed E-state index contributed by atoms with van der Waals surface area (Å²) in [5, 5.41) is 3.45. The maximum Gasteiger partial charge on any atom is 0.493 e. The molecule has 0 spiro atoms. The van der Waals surface area contributed by atoms with E-state index in [2.05, 4.69) is 10.2 Å². The number of hydrogen-bond acceptors (Lipinski definition) is 5. The molecule has 196 valence electrons.